The van der Waals surface area contributed by atoms with Crippen molar-refractivity contribution in [1.29, 1.82) is 0 Å². The number of benzene rings is 2. The number of carbonyl (C=O) groups excluding carboxylic acids is 3. The molecule has 2 aliphatic heterocycles. The van der Waals surface area contributed by atoms with Crippen LogP contribution in [-0.2, 0) is 33.4 Å². The monoisotopic (exact) mass is 891 g/mol. The van der Waals surface area contributed by atoms with Crippen LogP contribution in [0.5, 0.6) is 5.75 Å². The predicted molar refractivity (Wildman–Crippen MR) is 259 cm³/mol. The van der Waals surface area contributed by atoms with Crippen molar-refractivity contribution < 1.29 is 38.2 Å². The quantitative estimate of drug-likeness (QED) is 0.0414. The van der Waals surface area contributed by atoms with Crippen LogP contribution in [0.15, 0.2) is 67.3 Å². The smallest absolute Gasteiger partial charge is 0.330 e. The third kappa shape index (κ3) is 19.0. The fourth-order valence-electron chi connectivity index (χ4n) is 9.54. The van der Waals surface area contributed by atoms with E-state index in [4.69, 9.17) is 23.8 Å². The van der Waals surface area contributed by atoms with E-state index in [0.29, 0.717) is 19.4 Å². The number of piperidine rings is 2. The first-order valence-electron chi connectivity index (χ1n) is 24.4. The summed E-state index contributed by atoms with van der Waals surface area (Å²) < 4.78 is 22.4. The molecule has 2 aromatic rings. The molecule has 10 nitrogen and oxygen atoms in total. The van der Waals surface area contributed by atoms with E-state index in [9.17, 15) is 14.4 Å². The molecule has 64 heavy (non-hydrogen) atoms. The summed E-state index contributed by atoms with van der Waals surface area (Å²) in [6.07, 6.45) is 18.8. The molecule has 0 bridgehead atoms. The van der Waals surface area contributed by atoms with E-state index >= 15 is 0 Å². The van der Waals surface area contributed by atoms with Gasteiger partial charge in [-0.3, -0.25) is 19.3 Å². The Labute approximate surface area is 388 Å². The fourth-order valence-corrected chi connectivity index (χ4v) is 9.54. The van der Waals surface area contributed by atoms with Crippen molar-refractivity contribution in [2.45, 2.75) is 212 Å². The number of unbranched alkanes of at least 4 members (excludes halogenated alkanes) is 10. The average molecular weight is 891 g/mol. The molecule has 2 aromatic carbocycles. The number of nitrogens with zero attached hydrogens (tertiary/aromatic N) is 2. The predicted octanol–water partition coefficient (Wildman–Crippen LogP) is 12.6. The zero-order chi connectivity index (χ0) is 47.2. The second-order valence-corrected chi connectivity index (χ2v) is 20.4. The second-order valence-electron chi connectivity index (χ2n) is 20.4. The Morgan fingerprint density at radius 3 is 1.61 bits per heavy atom. The van der Waals surface area contributed by atoms with Crippen LogP contribution < -0.4 is 4.74 Å². The second kappa shape index (κ2) is 27.0. The molecular formula is C54H86N2O8. The van der Waals surface area contributed by atoms with E-state index in [1.807, 2.05) is 54.6 Å². The van der Waals surface area contributed by atoms with Gasteiger partial charge in [0.25, 0.3) is 0 Å². The van der Waals surface area contributed by atoms with E-state index in [-0.39, 0.29) is 52.9 Å². The third-order valence-electron chi connectivity index (χ3n) is 12.9. The Morgan fingerprint density at radius 1 is 0.609 bits per heavy atom. The van der Waals surface area contributed by atoms with Crippen molar-refractivity contribution in [3.8, 4) is 16.9 Å². The Morgan fingerprint density at radius 2 is 1.08 bits per heavy atom. The maximum atomic E-state index is 12.7. The highest BCUT2D eigenvalue weighted by molar-refractivity contribution is 5.81. The standard InChI is InChI=1S/C37H70N2O5.C17H16O3/c1-11-12-13-14-19-22-25-42-39-36(6,7)28-31(29-37(39,8)9)44-33(41)24-21-18-16-15-17-20-23-32(40)43-30-26-34(2,3)38(10)35(4,5)27-30;1-2-17(18)20-13-12-19-16-11-7-6-10-15(16)14-8-4-3-5-9-14/h30-31H,11-29H2,1-10H3;2-11H,1,12-13H2. The summed E-state index contributed by atoms with van der Waals surface area (Å²) in [6.45, 7) is 24.6. The Hall–Kier alpha value is -3.73. The summed E-state index contributed by atoms with van der Waals surface area (Å²) in [5, 5.41) is 2.17. The number of rotatable bonds is 25. The minimum absolute atomic E-state index is 0.00335. The fraction of sp³-hybridized carbons (Fsp3) is 0.685. The summed E-state index contributed by atoms with van der Waals surface area (Å²) >= 11 is 0. The number of hydrogen-bond donors (Lipinski definition) is 0. The zero-order valence-corrected chi connectivity index (χ0v) is 41.6. The molecule has 0 atom stereocenters. The van der Waals surface area contributed by atoms with Gasteiger partial charge in [0.1, 0.15) is 31.2 Å². The maximum absolute atomic E-state index is 12.7. The van der Waals surface area contributed by atoms with Gasteiger partial charge in [0.2, 0.25) is 0 Å². The Bertz CT molecular complexity index is 1650. The minimum Gasteiger partial charge on any atom is -0.489 e. The number of hydroxylamine groups is 2. The van der Waals surface area contributed by atoms with E-state index in [0.717, 1.165) is 100 Å². The molecule has 0 N–H and O–H groups in total. The molecule has 0 saturated carbocycles. The molecule has 0 aliphatic carbocycles. The highest BCUT2D eigenvalue weighted by Gasteiger charge is 2.48. The van der Waals surface area contributed by atoms with E-state index in [1.54, 1.807) is 0 Å². The van der Waals surface area contributed by atoms with E-state index in [2.05, 4.69) is 85.9 Å². The van der Waals surface area contributed by atoms with Gasteiger partial charge >= 0.3 is 17.9 Å². The lowest BCUT2D eigenvalue weighted by atomic mass is 9.79. The van der Waals surface area contributed by atoms with Gasteiger partial charge in [-0.15, -0.1) is 0 Å². The van der Waals surface area contributed by atoms with Gasteiger partial charge in [0, 0.05) is 72.3 Å². The molecule has 2 fully saturated rings. The molecule has 2 heterocycles. The SMILES string of the molecule is C=CC(=O)OCCOc1ccccc1-c1ccccc1.CCCCCCCCON1C(C)(C)CC(OC(=O)CCCCCCCCC(=O)OC2CC(C)(C)N(C)C(C)(C)C2)CC1(C)C. The van der Waals surface area contributed by atoms with Crippen LogP contribution in [-0.4, -0.2) is 89.1 Å². The molecule has 0 unspecified atom stereocenters. The molecule has 0 spiro atoms. The topological polar surface area (TPSA) is 104 Å². The first-order chi connectivity index (χ1) is 30.3. The normalized spacial score (nSPS) is 18.3. The van der Waals surface area contributed by atoms with Gasteiger partial charge in [-0.25, -0.2) is 4.79 Å². The van der Waals surface area contributed by atoms with Crippen LogP contribution in [0, 0.1) is 0 Å². The molecule has 10 heteroatoms. The summed E-state index contributed by atoms with van der Waals surface area (Å²) in [7, 11) is 2.17. The van der Waals surface area contributed by atoms with Crippen molar-refractivity contribution in [2.24, 2.45) is 0 Å². The van der Waals surface area contributed by atoms with Gasteiger partial charge in [-0.1, -0.05) is 120 Å². The zero-order valence-electron chi connectivity index (χ0n) is 41.6. The summed E-state index contributed by atoms with van der Waals surface area (Å²) in [6, 6.07) is 17.8. The molecule has 0 radical (unpaired) electrons. The van der Waals surface area contributed by atoms with Gasteiger partial charge in [0.15, 0.2) is 0 Å². The molecule has 4 rings (SSSR count). The van der Waals surface area contributed by atoms with E-state index < -0.39 is 5.97 Å². The highest BCUT2D eigenvalue weighted by atomic mass is 16.7. The van der Waals surface area contributed by atoms with Crippen molar-refractivity contribution >= 4 is 17.9 Å². The minimum atomic E-state index is -0.440. The lowest BCUT2D eigenvalue weighted by Gasteiger charge is -2.53. The average Bonchev–Trinajstić information content (AvgIpc) is 3.22. The first-order valence-corrected chi connectivity index (χ1v) is 24.4. The Balaban J connectivity index is 0.000000450. The highest BCUT2D eigenvalue weighted by Crippen LogP contribution is 2.41. The number of carbonyl (C=O) groups is 3. The number of hydrogen-bond acceptors (Lipinski definition) is 10. The largest absolute Gasteiger partial charge is 0.489 e. The molecule has 2 aliphatic rings. The van der Waals surface area contributed by atoms with Crippen LogP contribution in [0.25, 0.3) is 11.1 Å². The molecule has 2 saturated heterocycles. The van der Waals surface area contributed by atoms with Gasteiger partial charge in [-0.05, 0) is 93.3 Å². The van der Waals surface area contributed by atoms with Crippen LogP contribution in [0.4, 0.5) is 0 Å². The van der Waals surface area contributed by atoms with Crippen LogP contribution in [0.1, 0.15) is 178 Å². The molecule has 360 valence electrons. The lowest BCUT2D eigenvalue weighted by Crippen LogP contribution is -2.62. The summed E-state index contributed by atoms with van der Waals surface area (Å²) in [4.78, 5) is 44.8. The van der Waals surface area contributed by atoms with Crippen molar-refractivity contribution in [3.05, 3.63) is 67.3 Å². The number of ether oxygens (including phenoxy) is 4. The van der Waals surface area contributed by atoms with Gasteiger partial charge in [-0.2, -0.15) is 5.06 Å². The van der Waals surface area contributed by atoms with E-state index in [1.165, 1.54) is 32.1 Å². The maximum Gasteiger partial charge on any atom is 0.330 e. The van der Waals surface area contributed by atoms with Crippen molar-refractivity contribution in [1.82, 2.24) is 9.96 Å². The van der Waals surface area contributed by atoms with Crippen LogP contribution in [0.3, 0.4) is 0 Å². The van der Waals surface area contributed by atoms with Gasteiger partial charge in [0.05, 0.1) is 6.61 Å². The summed E-state index contributed by atoms with van der Waals surface area (Å²) in [5.74, 6) is 0.194. The first kappa shape index (κ1) is 54.6. The number of para-hydroxylation sites is 1. The van der Waals surface area contributed by atoms with Crippen molar-refractivity contribution in [2.75, 3.05) is 26.9 Å². The number of esters is 3. The summed E-state index contributed by atoms with van der Waals surface area (Å²) in [5.41, 5.74) is 1.76. The molecule has 0 aromatic heterocycles. The van der Waals surface area contributed by atoms with Crippen LogP contribution in [0.2, 0.25) is 0 Å². The Kier molecular flexibility index (Phi) is 23.1. The van der Waals surface area contributed by atoms with Crippen LogP contribution >= 0.6 is 0 Å². The van der Waals surface area contributed by atoms with Crippen molar-refractivity contribution in [3.63, 3.8) is 0 Å². The third-order valence-corrected chi connectivity index (χ3v) is 12.9. The van der Waals surface area contributed by atoms with Gasteiger partial charge < -0.3 is 18.9 Å². The number of likely N-dealkylation sites (tertiary alicyclic amines) is 1. The lowest BCUT2D eigenvalue weighted by molar-refractivity contribution is -0.293. The molecular weight excluding hydrogens is 805 g/mol. The molecule has 0 amide bonds.